The molecule has 8 heteroatoms. The van der Waals surface area contributed by atoms with Crippen molar-refractivity contribution in [1.82, 2.24) is 4.98 Å². The molecule has 2 rings (SSSR count). The van der Waals surface area contributed by atoms with Gasteiger partial charge >= 0.3 is 11.9 Å². The fraction of sp³-hybridized carbons (Fsp3) is 0.438. The predicted molar refractivity (Wildman–Crippen MR) is 91.0 cm³/mol. The van der Waals surface area contributed by atoms with E-state index in [0.717, 1.165) is 0 Å². The number of hydrogen-bond acceptors (Lipinski definition) is 6. The molecule has 130 valence electrons. The summed E-state index contributed by atoms with van der Waals surface area (Å²) < 4.78 is 0. The number of allylic oxidation sites excluding steroid dienone is 2. The maximum atomic E-state index is 11.6. The maximum Gasteiger partial charge on any atom is 0.332 e. The third kappa shape index (κ3) is 3.65. The lowest BCUT2D eigenvalue weighted by Crippen LogP contribution is -2.34. The van der Waals surface area contributed by atoms with E-state index in [1.807, 2.05) is 13.8 Å². The normalized spacial score (nSPS) is 21.0. The molecule has 0 spiro atoms. The predicted octanol–water partition coefficient (Wildman–Crippen LogP) is 2.21. The zero-order valence-electron chi connectivity index (χ0n) is 13.7. The van der Waals surface area contributed by atoms with Crippen LogP contribution in [0.1, 0.15) is 32.9 Å². The van der Waals surface area contributed by atoms with Gasteiger partial charge in [0.05, 0.1) is 23.3 Å². The molecule has 0 aliphatic heterocycles. The van der Waals surface area contributed by atoms with Crippen molar-refractivity contribution in [3.05, 3.63) is 28.8 Å². The van der Waals surface area contributed by atoms with Gasteiger partial charge in [-0.25, -0.2) is 9.78 Å². The first kappa shape index (κ1) is 18.2. The molecule has 0 saturated heterocycles. The van der Waals surface area contributed by atoms with Crippen LogP contribution in [0.4, 0.5) is 5.13 Å². The largest absolute Gasteiger partial charge is 0.481 e. The number of nitrogens with zero attached hydrogens (tertiary/aromatic N) is 1. The number of aliphatic carboxylic acids is 2. The SMILES string of the molecule is CC(C)(CO)Nc1nc(C2=C(C(=O)O)CC(C)(C(=O)O)C=C2)cs1. The van der Waals surface area contributed by atoms with E-state index >= 15 is 0 Å². The lowest BCUT2D eigenvalue weighted by atomic mass is 9.77. The van der Waals surface area contributed by atoms with Crippen LogP contribution in [0.3, 0.4) is 0 Å². The van der Waals surface area contributed by atoms with Gasteiger partial charge in [0.2, 0.25) is 0 Å². The summed E-state index contributed by atoms with van der Waals surface area (Å²) in [5, 5.41) is 33.4. The lowest BCUT2D eigenvalue weighted by Gasteiger charge is -2.26. The van der Waals surface area contributed by atoms with Crippen molar-refractivity contribution in [2.45, 2.75) is 32.7 Å². The zero-order chi connectivity index (χ0) is 18.1. The van der Waals surface area contributed by atoms with Crippen LogP contribution in [0.5, 0.6) is 0 Å². The molecule has 0 saturated carbocycles. The second-order valence-corrected chi connectivity index (χ2v) is 7.49. The van der Waals surface area contributed by atoms with E-state index < -0.39 is 22.9 Å². The van der Waals surface area contributed by atoms with Crippen molar-refractivity contribution in [1.29, 1.82) is 0 Å². The van der Waals surface area contributed by atoms with E-state index in [1.165, 1.54) is 30.4 Å². The molecule has 7 nitrogen and oxygen atoms in total. The summed E-state index contributed by atoms with van der Waals surface area (Å²) in [6, 6.07) is 0. The highest BCUT2D eigenvalue weighted by molar-refractivity contribution is 7.13. The van der Waals surface area contributed by atoms with E-state index in [0.29, 0.717) is 16.4 Å². The summed E-state index contributed by atoms with van der Waals surface area (Å²) in [4.78, 5) is 27.3. The van der Waals surface area contributed by atoms with Crippen molar-refractivity contribution in [3.8, 4) is 0 Å². The minimum atomic E-state index is -1.24. The van der Waals surface area contributed by atoms with Crippen LogP contribution >= 0.6 is 11.3 Å². The molecule has 1 aliphatic rings. The van der Waals surface area contributed by atoms with Gasteiger partial charge in [0.25, 0.3) is 0 Å². The summed E-state index contributed by atoms with van der Waals surface area (Å²) in [7, 11) is 0. The summed E-state index contributed by atoms with van der Waals surface area (Å²) in [6.07, 6.45) is 2.91. The van der Waals surface area contributed by atoms with Gasteiger partial charge in [0.1, 0.15) is 0 Å². The molecule has 1 aromatic heterocycles. The highest BCUT2D eigenvalue weighted by Gasteiger charge is 2.37. The first-order valence-corrected chi connectivity index (χ1v) is 8.20. The molecular weight excluding hydrogens is 332 g/mol. The summed E-state index contributed by atoms with van der Waals surface area (Å²) in [6.45, 7) is 5.04. The van der Waals surface area contributed by atoms with Crippen LogP contribution < -0.4 is 5.32 Å². The average Bonchev–Trinajstić information content (AvgIpc) is 2.94. The Morgan fingerprint density at radius 3 is 2.62 bits per heavy atom. The Morgan fingerprint density at radius 1 is 1.42 bits per heavy atom. The number of nitrogens with one attached hydrogen (secondary N) is 1. The molecule has 1 heterocycles. The zero-order valence-corrected chi connectivity index (χ0v) is 14.5. The standard InChI is InChI=1S/C16H20N2O5S/c1-15(2,8-19)18-14-17-11(7-24-14)9-4-5-16(3,13(22)23)6-10(9)12(20)21/h4-5,7,19H,6,8H2,1-3H3,(H,17,18)(H,20,21)(H,22,23). The Balaban J connectivity index is 2.37. The highest BCUT2D eigenvalue weighted by atomic mass is 32.1. The number of aliphatic hydroxyl groups excluding tert-OH is 1. The van der Waals surface area contributed by atoms with Crippen molar-refractivity contribution >= 4 is 34.0 Å². The van der Waals surface area contributed by atoms with Gasteiger partial charge < -0.3 is 20.6 Å². The van der Waals surface area contributed by atoms with Gasteiger partial charge in [-0.15, -0.1) is 11.3 Å². The molecule has 0 radical (unpaired) electrons. The van der Waals surface area contributed by atoms with Gasteiger partial charge in [-0.3, -0.25) is 4.79 Å². The number of carboxylic acid groups (broad SMARTS) is 2. The quantitative estimate of drug-likeness (QED) is 0.619. The van der Waals surface area contributed by atoms with Crippen molar-refractivity contribution in [2.24, 2.45) is 5.41 Å². The molecule has 0 bridgehead atoms. The lowest BCUT2D eigenvalue weighted by molar-refractivity contribution is -0.145. The topological polar surface area (TPSA) is 120 Å². The first-order valence-electron chi connectivity index (χ1n) is 7.32. The number of thiazole rings is 1. The molecular formula is C16H20N2O5S. The van der Waals surface area contributed by atoms with Gasteiger partial charge in [-0.05, 0) is 27.2 Å². The molecule has 1 unspecified atom stereocenters. The fourth-order valence-electron chi connectivity index (χ4n) is 2.25. The van der Waals surface area contributed by atoms with Crippen LogP contribution in [0.25, 0.3) is 5.57 Å². The summed E-state index contributed by atoms with van der Waals surface area (Å²) in [5.41, 5.74) is -0.887. The maximum absolute atomic E-state index is 11.6. The van der Waals surface area contributed by atoms with Crippen LogP contribution in [0.15, 0.2) is 23.1 Å². The second-order valence-electron chi connectivity index (χ2n) is 6.64. The number of aliphatic hydroxyl groups is 1. The Hall–Kier alpha value is -2.19. The molecule has 0 fully saturated rings. The third-order valence-corrected chi connectivity index (χ3v) is 4.61. The van der Waals surface area contributed by atoms with Crippen molar-refractivity contribution in [3.63, 3.8) is 0 Å². The Kier molecular flexibility index (Phi) is 4.82. The minimum absolute atomic E-state index is 0.0284. The average molecular weight is 352 g/mol. The van der Waals surface area contributed by atoms with Gasteiger partial charge in [-0.2, -0.15) is 0 Å². The summed E-state index contributed by atoms with van der Waals surface area (Å²) >= 11 is 1.29. The van der Waals surface area contributed by atoms with Crippen LogP contribution in [-0.2, 0) is 9.59 Å². The number of anilines is 1. The number of carbonyl (C=O) groups is 2. The molecule has 1 aromatic rings. The van der Waals surface area contributed by atoms with Gasteiger partial charge in [0.15, 0.2) is 5.13 Å². The highest BCUT2D eigenvalue weighted by Crippen LogP contribution is 2.38. The van der Waals surface area contributed by atoms with E-state index in [2.05, 4.69) is 10.3 Å². The van der Waals surface area contributed by atoms with Crippen LogP contribution in [-0.4, -0.2) is 44.4 Å². The van der Waals surface area contributed by atoms with E-state index in [1.54, 1.807) is 5.38 Å². The Labute approximate surface area is 143 Å². The van der Waals surface area contributed by atoms with Crippen molar-refractivity contribution < 1.29 is 24.9 Å². The van der Waals surface area contributed by atoms with Crippen molar-refractivity contribution in [2.75, 3.05) is 11.9 Å². The molecule has 24 heavy (non-hydrogen) atoms. The van der Waals surface area contributed by atoms with E-state index in [-0.39, 0.29) is 18.6 Å². The first-order chi connectivity index (χ1) is 11.1. The Morgan fingerprint density at radius 2 is 2.08 bits per heavy atom. The number of carboxylic acids is 2. The van der Waals surface area contributed by atoms with E-state index in [9.17, 15) is 24.9 Å². The second kappa shape index (κ2) is 6.37. The smallest absolute Gasteiger partial charge is 0.332 e. The minimum Gasteiger partial charge on any atom is -0.481 e. The fourth-order valence-corrected chi connectivity index (χ4v) is 3.14. The van der Waals surface area contributed by atoms with Gasteiger partial charge in [0, 0.05) is 16.5 Å². The summed E-state index contributed by atoms with van der Waals surface area (Å²) in [5.74, 6) is -2.22. The number of aromatic nitrogens is 1. The molecule has 0 aromatic carbocycles. The Bertz CT molecular complexity index is 735. The molecule has 1 atom stereocenters. The molecule has 0 amide bonds. The van der Waals surface area contributed by atoms with Gasteiger partial charge in [-0.1, -0.05) is 12.2 Å². The monoisotopic (exact) mass is 352 g/mol. The third-order valence-electron chi connectivity index (χ3n) is 3.85. The molecule has 4 N–H and O–H groups in total. The molecule has 1 aliphatic carbocycles. The number of hydrogen-bond donors (Lipinski definition) is 4. The van der Waals surface area contributed by atoms with Crippen LogP contribution in [0.2, 0.25) is 0 Å². The van der Waals surface area contributed by atoms with E-state index in [4.69, 9.17) is 0 Å². The number of rotatable bonds is 6. The van der Waals surface area contributed by atoms with Crippen LogP contribution in [0, 0.1) is 5.41 Å².